The van der Waals surface area contributed by atoms with E-state index in [9.17, 15) is 18.0 Å². The summed E-state index contributed by atoms with van der Waals surface area (Å²) in [4.78, 5) is 25.8. The molecule has 0 saturated carbocycles. The van der Waals surface area contributed by atoms with E-state index in [1.807, 2.05) is 13.0 Å². The van der Waals surface area contributed by atoms with Gasteiger partial charge >= 0.3 is 0 Å². The molecule has 2 aromatic carbocycles. The number of benzene rings is 2. The van der Waals surface area contributed by atoms with Gasteiger partial charge in [-0.3, -0.25) is 14.3 Å². The first kappa shape index (κ1) is 22.8. The molecule has 3 N–H and O–H groups in total. The number of carbonyl (C=O) groups excluding carboxylic acids is 2. The quantitative estimate of drug-likeness (QED) is 0.474. The molecule has 0 aliphatic carbocycles. The molecule has 0 fully saturated rings. The molecule has 31 heavy (non-hydrogen) atoms. The van der Waals surface area contributed by atoms with Crippen LogP contribution in [0.1, 0.15) is 20.1 Å². The lowest BCUT2D eigenvalue weighted by atomic mass is 10.2. The SMILES string of the molecule is Cc1ccc(C(=O)NCC(=O)Nc2ccc(C)c(S(=O)(=O)Nc3cccc(Cl)c3)c2)s1. The summed E-state index contributed by atoms with van der Waals surface area (Å²) < 4.78 is 28.1. The molecule has 162 valence electrons. The minimum absolute atomic E-state index is 0.0170. The smallest absolute Gasteiger partial charge is 0.262 e. The lowest BCUT2D eigenvalue weighted by Gasteiger charge is -2.13. The Kier molecular flexibility index (Phi) is 6.99. The second-order valence-electron chi connectivity index (χ2n) is 6.74. The molecule has 0 aliphatic heterocycles. The Labute approximate surface area is 189 Å². The molecule has 0 radical (unpaired) electrons. The summed E-state index contributed by atoms with van der Waals surface area (Å²) in [6, 6.07) is 14.4. The first-order valence-electron chi connectivity index (χ1n) is 9.17. The van der Waals surface area contributed by atoms with E-state index in [0.29, 0.717) is 26.8 Å². The number of carbonyl (C=O) groups is 2. The molecule has 0 bridgehead atoms. The van der Waals surface area contributed by atoms with E-state index in [2.05, 4.69) is 15.4 Å². The van der Waals surface area contributed by atoms with Crippen molar-refractivity contribution in [3.63, 3.8) is 0 Å². The Balaban J connectivity index is 1.68. The summed E-state index contributed by atoms with van der Waals surface area (Å²) in [5.41, 5.74) is 1.13. The van der Waals surface area contributed by atoms with Crippen molar-refractivity contribution in [3.05, 3.63) is 74.9 Å². The van der Waals surface area contributed by atoms with E-state index in [-0.39, 0.29) is 17.3 Å². The van der Waals surface area contributed by atoms with Crippen LogP contribution in [0.25, 0.3) is 0 Å². The van der Waals surface area contributed by atoms with Crippen LogP contribution in [0.4, 0.5) is 11.4 Å². The molecule has 0 saturated heterocycles. The fourth-order valence-corrected chi connectivity index (χ4v) is 5.03. The van der Waals surface area contributed by atoms with Crippen molar-refractivity contribution >= 4 is 56.2 Å². The number of halogens is 1. The van der Waals surface area contributed by atoms with Gasteiger partial charge in [-0.25, -0.2) is 8.42 Å². The number of hydrogen-bond donors (Lipinski definition) is 3. The molecule has 0 atom stereocenters. The average molecular weight is 478 g/mol. The van der Waals surface area contributed by atoms with Crippen LogP contribution < -0.4 is 15.4 Å². The van der Waals surface area contributed by atoms with E-state index >= 15 is 0 Å². The van der Waals surface area contributed by atoms with E-state index in [4.69, 9.17) is 11.6 Å². The first-order valence-corrected chi connectivity index (χ1v) is 11.9. The largest absolute Gasteiger partial charge is 0.342 e. The highest BCUT2D eigenvalue weighted by atomic mass is 35.5. The van der Waals surface area contributed by atoms with Gasteiger partial charge in [0.2, 0.25) is 5.91 Å². The van der Waals surface area contributed by atoms with Crippen LogP contribution in [-0.2, 0) is 14.8 Å². The fourth-order valence-electron chi connectivity index (χ4n) is 2.74. The number of aryl methyl sites for hydroxylation is 2. The van der Waals surface area contributed by atoms with Crippen molar-refractivity contribution in [1.29, 1.82) is 0 Å². The summed E-state index contributed by atoms with van der Waals surface area (Å²) in [6.07, 6.45) is 0. The van der Waals surface area contributed by atoms with Gasteiger partial charge < -0.3 is 10.6 Å². The lowest BCUT2D eigenvalue weighted by molar-refractivity contribution is -0.115. The minimum atomic E-state index is -3.91. The zero-order chi connectivity index (χ0) is 22.6. The first-order chi connectivity index (χ1) is 14.6. The zero-order valence-corrected chi connectivity index (χ0v) is 19.1. The van der Waals surface area contributed by atoms with Crippen LogP contribution in [-0.4, -0.2) is 26.8 Å². The van der Waals surface area contributed by atoms with Gasteiger partial charge in [0.05, 0.1) is 22.0 Å². The molecule has 2 amide bonds. The normalized spacial score (nSPS) is 11.1. The highest BCUT2D eigenvalue weighted by molar-refractivity contribution is 7.92. The molecule has 0 unspecified atom stereocenters. The molecule has 3 aromatic rings. The van der Waals surface area contributed by atoms with E-state index in [0.717, 1.165) is 4.88 Å². The summed E-state index contributed by atoms with van der Waals surface area (Å²) in [7, 11) is -3.91. The molecule has 0 aliphatic rings. The van der Waals surface area contributed by atoms with Gasteiger partial charge in [0, 0.05) is 15.6 Å². The summed E-state index contributed by atoms with van der Waals surface area (Å²) >= 11 is 7.25. The lowest BCUT2D eigenvalue weighted by Crippen LogP contribution is -2.32. The third kappa shape index (κ3) is 6.06. The van der Waals surface area contributed by atoms with Crippen LogP contribution in [0.2, 0.25) is 5.02 Å². The van der Waals surface area contributed by atoms with Crippen molar-refractivity contribution in [2.75, 3.05) is 16.6 Å². The van der Waals surface area contributed by atoms with Crippen molar-refractivity contribution < 1.29 is 18.0 Å². The molecule has 1 heterocycles. The van der Waals surface area contributed by atoms with E-state index in [1.165, 1.54) is 23.5 Å². The van der Waals surface area contributed by atoms with Gasteiger partial charge in [0.1, 0.15) is 0 Å². The van der Waals surface area contributed by atoms with E-state index in [1.54, 1.807) is 43.3 Å². The monoisotopic (exact) mass is 477 g/mol. The van der Waals surface area contributed by atoms with Crippen LogP contribution in [0.15, 0.2) is 59.5 Å². The summed E-state index contributed by atoms with van der Waals surface area (Å²) in [5, 5.41) is 5.55. The molecule has 0 spiro atoms. The van der Waals surface area contributed by atoms with Crippen molar-refractivity contribution in [2.24, 2.45) is 0 Å². The number of nitrogens with one attached hydrogen (secondary N) is 3. The van der Waals surface area contributed by atoms with Crippen molar-refractivity contribution in [3.8, 4) is 0 Å². The highest BCUT2D eigenvalue weighted by Crippen LogP contribution is 2.24. The van der Waals surface area contributed by atoms with Gasteiger partial charge in [0.25, 0.3) is 15.9 Å². The molecule has 7 nitrogen and oxygen atoms in total. The molecule has 1 aromatic heterocycles. The van der Waals surface area contributed by atoms with Gasteiger partial charge in [-0.1, -0.05) is 23.7 Å². The maximum atomic E-state index is 12.8. The number of rotatable bonds is 7. The fraction of sp³-hybridized carbons (Fsp3) is 0.143. The number of anilines is 2. The number of amides is 2. The third-order valence-electron chi connectivity index (χ3n) is 4.21. The van der Waals surface area contributed by atoms with Crippen molar-refractivity contribution in [1.82, 2.24) is 5.32 Å². The second kappa shape index (κ2) is 9.51. The standard InChI is InChI=1S/C21H20ClN3O4S2/c1-13-6-8-16(24-20(26)12-23-21(27)18-9-7-14(2)30-18)11-19(13)31(28,29)25-17-5-3-4-15(22)10-17/h3-11,25H,12H2,1-2H3,(H,23,27)(H,24,26). The number of thiophene rings is 1. The van der Waals surface area contributed by atoms with Crippen LogP contribution in [0.5, 0.6) is 0 Å². The Morgan fingerprint density at radius 1 is 1.00 bits per heavy atom. The molecular formula is C21H20ClN3O4S2. The predicted octanol–water partition coefficient (Wildman–Crippen LogP) is 4.19. The van der Waals surface area contributed by atoms with Gasteiger partial charge in [-0.05, 0) is 61.9 Å². The summed E-state index contributed by atoms with van der Waals surface area (Å²) in [6.45, 7) is 3.30. The van der Waals surface area contributed by atoms with Crippen LogP contribution in [0.3, 0.4) is 0 Å². The van der Waals surface area contributed by atoms with Gasteiger partial charge in [-0.15, -0.1) is 11.3 Å². The second-order valence-corrected chi connectivity index (χ2v) is 10.1. The maximum absolute atomic E-state index is 12.8. The predicted molar refractivity (Wildman–Crippen MR) is 123 cm³/mol. The Morgan fingerprint density at radius 2 is 1.77 bits per heavy atom. The van der Waals surface area contributed by atoms with Gasteiger partial charge in [0.15, 0.2) is 0 Å². The summed E-state index contributed by atoms with van der Waals surface area (Å²) in [5.74, 6) is -0.817. The highest BCUT2D eigenvalue weighted by Gasteiger charge is 2.19. The third-order valence-corrected chi connectivity index (χ3v) is 6.97. The Morgan fingerprint density at radius 3 is 2.45 bits per heavy atom. The van der Waals surface area contributed by atoms with Crippen LogP contribution in [0, 0.1) is 13.8 Å². The number of hydrogen-bond acceptors (Lipinski definition) is 5. The van der Waals surface area contributed by atoms with E-state index < -0.39 is 15.9 Å². The minimum Gasteiger partial charge on any atom is -0.342 e. The van der Waals surface area contributed by atoms with Gasteiger partial charge in [-0.2, -0.15) is 0 Å². The average Bonchev–Trinajstić information content (AvgIpc) is 3.13. The van der Waals surface area contributed by atoms with Crippen LogP contribution >= 0.6 is 22.9 Å². The molecule has 3 rings (SSSR count). The van der Waals surface area contributed by atoms with Crippen molar-refractivity contribution in [2.45, 2.75) is 18.7 Å². The maximum Gasteiger partial charge on any atom is 0.262 e. The molecule has 10 heteroatoms. The topological polar surface area (TPSA) is 104 Å². The number of sulfonamides is 1. The molecular weight excluding hydrogens is 458 g/mol. The zero-order valence-electron chi connectivity index (χ0n) is 16.7. The Hall–Kier alpha value is -2.88. The Bertz CT molecular complexity index is 1240.